The molecule has 0 bridgehead atoms. The van der Waals surface area contributed by atoms with Crippen molar-refractivity contribution in [2.75, 3.05) is 19.6 Å². The van der Waals surface area contributed by atoms with Gasteiger partial charge < -0.3 is 15.3 Å². The summed E-state index contributed by atoms with van der Waals surface area (Å²) in [4.78, 5) is 14.4. The molecule has 2 N–H and O–H groups in total. The molecule has 1 aromatic carbocycles. The zero-order valence-corrected chi connectivity index (χ0v) is 13.4. The Kier molecular flexibility index (Phi) is 5.48. The largest absolute Gasteiger partial charge is 0.508 e. The number of rotatable bonds is 4. The SMILES string of the molecule is CC(C)NCC1CCCN(C(=O)c2cc(O)ccc2Cl)C1. The first-order valence-corrected chi connectivity index (χ1v) is 7.86. The molecule has 1 aliphatic heterocycles. The summed E-state index contributed by atoms with van der Waals surface area (Å²) >= 11 is 6.08. The van der Waals surface area contributed by atoms with Gasteiger partial charge in [-0.3, -0.25) is 4.79 Å². The molecule has 0 aliphatic carbocycles. The van der Waals surface area contributed by atoms with Crippen molar-refractivity contribution in [3.8, 4) is 5.75 Å². The Morgan fingerprint density at radius 3 is 3.00 bits per heavy atom. The lowest BCUT2D eigenvalue weighted by molar-refractivity contribution is 0.0672. The summed E-state index contributed by atoms with van der Waals surface area (Å²) < 4.78 is 0. The van der Waals surface area contributed by atoms with E-state index < -0.39 is 0 Å². The topological polar surface area (TPSA) is 52.6 Å². The van der Waals surface area contributed by atoms with E-state index in [1.54, 1.807) is 6.07 Å². The Balaban J connectivity index is 2.03. The van der Waals surface area contributed by atoms with Crippen molar-refractivity contribution in [2.24, 2.45) is 5.92 Å². The molecule has 1 aliphatic rings. The summed E-state index contributed by atoms with van der Waals surface area (Å²) in [5.74, 6) is 0.448. The van der Waals surface area contributed by atoms with Gasteiger partial charge in [-0.15, -0.1) is 0 Å². The maximum atomic E-state index is 12.6. The van der Waals surface area contributed by atoms with Crippen molar-refractivity contribution in [3.05, 3.63) is 28.8 Å². The molecule has 4 nitrogen and oxygen atoms in total. The molecule has 1 unspecified atom stereocenters. The first kappa shape index (κ1) is 16.1. The minimum atomic E-state index is -0.0925. The second-order valence-corrected chi connectivity index (χ2v) is 6.39. The third kappa shape index (κ3) is 4.35. The minimum absolute atomic E-state index is 0.0674. The lowest BCUT2D eigenvalue weighted by Crippen LogP contribution is -2.43. The zero-order chi connectivity index (χ0) is 15.4. The Bertz CT molecular complexity index is 505. The van der Waals surface area contributed by atoms with E-state index in [0.29, 0.717) is 22.5 Å². The average molecular weight is 311 g/mol. The fraction of sp³-hybridized carbons (Fsp3) is 0.562. The fourth-order valence-corrected chi connectivity index (χ4v) is 2.86. The Morgan fingerprint density at radius 2 is 2.29 bits per heavy atom. The molecule has 1 amide bonds. The van der Waals surface area contributed by atoms with E-state index in [4.69, 9.17) is 11.6 Å². The maximum absolute atomic E-state index is 12.6. The van der Waals surface area contributed by atoms with Crippen molar-refractivity contribution >= 4 is 17.5 Å². The van der Waals surface area contributed by atoms with Crippen molar-refractivity contribution in [1.82, 2.24) is 10.2 Å². The van der Waals surface area contributed by atoms with Gasteiger partial charge in [0.1, 0.15) is 5.75 Å². The van der Waals surface area contributed by atoms with Crippen LogP contribution in [0.25, 0.3) is 0 Å². The second kappa shape index (κ2) is 7.14. The third-order valence-electron chi connectivity index (χ3n) is 3.80. The molecule has 5 heteroatoms. The zero-order valence-electron chi connectivity index (χ0n) is 12.6. The summed E-state index contributed by atoms with van der Waals surface area (Å²) in [5.41, 5.74) is 0.383. The smallest absolute Gasteiger partial charge is 0.255 e. The molecule has 0 saturated carbocycles. The number of hydrogen-bond donors (Lipinski definition) is 2. The molecule has 1 atom stereocenters. The third-order valence-corrected chi connectivity index (χ3v) is 4.13. The van der Waals surface area contributed by atoms with Gasteiger partial charge in [0.05, 0.1) is 10.6 Å². The van der Waals surface area contributed by atoms with Gasteiger partial charge in [0.2, 0.25) is 0 Å². The highest BCUT2D eigenvalue weighted by Crippen LogP contribution is 2.25. The van der Waals surface area contributed by atoms with Crippen LogP contribution in [-0.2, 0) is 0 Å². The molecule has 116 valence electrons. The predicted molar refractivity (Wildman–Crippen MR) is 84.9 cm³/mol. The van der Waals surface area contributed by atoms with Crippen LogP contribution < -0.4 is 5.32 Å². The molecule has 1 saturated heterocycles. The summed E-state index contributed by atoms with van der Waals surface area (Å²) in [7, 11) is 0. The molecule has 1 heterocycles. The molecule has 0 spiro atoms. The van der Waals surface area contributed by atoms with E-state index in [1.807, 2.05) is 4.90 Å². The Hall–Kier alpha value is -1.26. The van der Waals surface area contributed by atoms with Crippen LogP contribution in [-0.4, -0.2) is 41.6 Å². The number of benzene rings is 1. The van der Waals surface area contributed by atoms with E-state index in [1.165, 1.54) is 12.1 Å². The number of likely N-dealkylation sites (tertiary alicyclic amines) is 1. The van der Waals surface area contributed by atoms with Crippen molar-refractivity contribution in [1.29, 1.82) is 0 Å². The minimum Gasteiger partial charge on any atom is -0.508 e. The van der Waals surface area contributed by atoms with Gasteiger partial charge in [0.15, 0.2) is 0 Å². The molecular formula is C16H23ClN2O2. The highest BCUT2D eigenvalue weighted by molar-refractivity contribution is 6.33. The summed E-state index contributed by atoms with van der Waals surface area (Å²) in [6.45, 7) is 6.67. The Morgan fingerprint density at radius 1 is 1.52 bits per heavy atom. The molecule has 1 fully saturated rings. The number of carbonyl (C=O) groups is 1. The van der Waals surface area contributed by atoms with Crippen LogP contribution in [0.15, 0.2) is 18.2 Å². The fourth-order valence-electron chi connectivity index (χ4n) is 2.67. The number of nitrogens with one attached hydrogen (secondary N) is 1. The number of amides is 1. The number of hydrogen-bond acceptors (Lipinski definition) is 3. The van der Waals surface area contributed by atoms with Crippen LogP contribution in [0.3, 0.4) is 0 Å². The molecule has 21 heavy (non-hydrogen) atoms. The van der Waals surface area contributed by atoms with Crippen molar-refractivity contribution in [3.63, 3.8) is 0 Å². The van der Waals surface area contributed by atoms with Gasteiger partial charge in [-0.05, 0) is 43.5 Å². The van der Waals surface area contributed by atoms with Gasteiger partial charge in [0.25, 0.3) is 5.91 Å². The molecule has 2 rings (SSSR count). The maximum Gasteiger partial charge on any atom is 0.255 e. The number of halogens is 1. The van der Waals surface area contributed by atoms with E-state index in [2.05, 4.69) is 19.2 Å². The van der Waals surface area contributed by atoms with Gasteiger partial charge in [0, 0.05) is 19.1 Å². The molecule has 0 radical (unpaired) electrons. The monoisotopic (exact) mass is 310 g/mol. The van der Waals surface area contributed by atoms with Crippen LogP contribution in [0.2, 0.25) is 5.02 Å². The molecule has 0 aromatic heterocycles. The average Bonchev–Trinajstić information content (AvgIpc) is 2.47. The van der Waals surface area contributed by atoms with Crippen LogP contribution in [0.1, 0.15) is 37.0 Å². The first-order valence-electron chi connectivity index (χ1n) is 7.48. The number of nitrogens with zero attached hydrogens (tertiary/aromatic N) is 1. The predicted octanol–water partition coefficient (Wildman–Crippen LogP) is 2.90. The van der Waals surface area contributed by atoms with Crippen molar-refractivity contribution in [2.45, 2.75) is 32.7 Å². The molecular weight excluding hydrogens is 288 g/mol. The van der Waals surface area contributed by atoms with E-state index in [9.17, 15) is 9.90 Å². The quantitative estimate of drug-likeness (QED) is 0.899. The van der Waals surface area contributed by atoms with Gasteiger partial charge in [-0.2, -0.15) is 0 Å². The van der Waals surface area contributed by atoms with E-state index in [0.717, 1.165) is 32.5 Å². The van der Waals surface area contributed by atoms with Crippen molar-refractivity contribution < 1.29 is 9.90 Å². The lowest BCUT2D eigenvalue weighted by atomic mass is 9.97. The molecule has 1 aromatic rings. The van der Waals surface area contributed by atoms with E-state index >= 15 is 0 Å². The Labute approximate surface area is 131 Å². The second-order valence-electron chi connectivity index (χ2n) is 5.99. The van der Waals surface area contributed by atoms with Gasteiger partial charge >= 0.3 is 0 Å². The van der Waals surface area contributed by atoms with Crippen LogP contribution in [0.4, 0.5) is 0 Å². The lowest BCUT2D eigenvalue weighted by Gasteiger charge is -2.33. The van der Waals surface area contributed by atoms with E-state index in [-0.39, 0.29) is 11.7 Å². The number of phenols is 1. The normalized spacial score (nSPS) is 19.0. The number of piperidine rings is 1. The van der Waals surface area contributed by atoms with Crippen LogP contribution >= 0.6 is 11.6 Å². The van der Waals surface area contributed by atoms with Gasteiger partial charge in [-0.25, -0.2) is 0 Å². The number of phenolic OH excluding ortho intramolecular Hbond substituents is 1. The summed E-state index contributed by atoms with van der Waals surface area (Å²) in [6.07, 6.45) is 2.14. The summed E-state index contributed by atoms with van der Waals surface area (Å²) in [6, 6.07) is 4.95. The van der Waals surface area contributed by atoms with Crippen LogP contribution in [0.5, 0.6) is 5.75 Å². The number of aromatic hydroxyl groups is 1. The van der Waals surface area contributed by atoms with Crippen LogP contribution in [0, 0.1) is 5.92 Å². The first-order chi connectivity index (χ1) is 9.97. The highest BCUT2D eigenvalue weighted by atomic mass is 35.5. The standard InChI is InChI=1S/C16H23ClN2O2/c1-11(2)18-9-12-4-3-7-19(10-12)16(21)14-8-13(20)5-6-15(14)17/h5-6,8,11-12,18,20H,3-4,7,9-10H2,1-2H3. The number of carbonyl (C=O) groups excluding carboxylic acids is 1. The van der Waals surface area contributed by atoms with Gasteiger partial charge in [-0.1, -0.05) is 25.4 Å². The summed E-state index contributed by atoms with van der Waals surface area (Å²) in [5, 5.41) is 13.4. The highest BCUT2D eigenvalue weighted by Gasteiger charge is 2.25.